The van der Waals surface area contributed by atoms with Gasteiger partial charge in [0.25, 0.3) is 0 Å². The summed E-state index contributed by atoms with van der Waals surface area (Å²) in [6.07, 6.45) is 3.46. The third kappa shape index (κ3) is 1.87. The van der Waals surface area contributed by atoms with Crippen molar-refractivity contribution in [1.82, 2.24) is 9.55 Å². The van der Waals surface area contributed by atoms with E-state index >= 15 is 0 Å². The van der Waals surface area contributed by atoms with E-state index in [1.54, 1.807) is 6.20 Å². The number of aliphatic hydroxyl groups excluding tert-OH is 1. The van der Waals surface area contributed by atoms with E-state index in [-0.39, 0.29) is 12.5 Å². The van der Waals surface area contributed by atoms with E-state index in [4.69, 9.17) is 10.2 Å². The highest BCUT2D eigenvalue weighted by atomic mass is 16.4. The quantitative estimate of drug-likeness (QED) is 0.740. The maximum atomic E-state index is 10.8. The Kier molecular flexibility index (Phi) is 2.73. The third-order valence-electron chi connectivity index (χ3n) is 2.86. The first kappa shape index (κ1) is 10.2. The fourth-order valence-corrected chi connectivity index (χ4v) is 2.04. The molecule has 0 radical (unpaired) electrons. The molecule has 0 saturated heterocycles. The first-order valence-corrected chi connectivity index (χ1v) is 5.09. The Labute approximate surface area is 87.4 Å². The molecule has 2 N–H and O–H groups in total. The third-order valence-corrected chi connectivity index (χ3v) is 2.86. The highest BCUT2D eigenvalue weighted by Gasteiger charge is 2.25. The van der Waals surface area contributed by atoms with E-state index in [0.717, 1.165) is 11.5 Å². The molecule has 1 aliphatic heterocycles. The van der Waals surface area contributed by atoms with Crippen molar-refractivity contribution in [3.05, 3.63) is 17.7 Å². The van der Waals surface area contributed by atoms with E-state index in [1.165, 1.54) is 0 Å². The molecule has 82 valence electrons. The fraction of sp³-hybridized carbons (Fsp3) is 0.600. The lowest BCUT2D eigenvalue weighted by Crippen LogP contribution is -2.26. The lowest BCUT2D eigenvalue weighted by Gasteiger charge is -2.21. The SMILES string of the molecule is O=C(O)C1CCn2c(cnc2CCO)C1. The summed E-state index contributed by atoms with van der Waals surface area (Å²) in [5, 5.41) is 17.7. The van der Waals surface area contributed by atoms with Gasteiger partial charge in [-0.05, 0) is 6.42 Å². The molecular weight excluding hydrogens is 196 g/mol. The molecule has 1 aromatic rings. The average Bonchev–Trinajstić information content (AvgIpc) is 2.61. The fourth-order valence-electron chi connectivity index (χ4n) is 2.04. The highest BCUT2D eigenvalue weighted by molar-refractivity contribution is 5.70. The number of carboxylic acid groups (broad SMARTS) is 1. The van der Waals surface area contributed by atoms with Gasteiger partial charge in [0.1, 0.15) is 5.82 Å². The lowest BCUT2D eigenvalue weighted by molar-refractivity contribution is -0.142. The molecule has 1 aromatic heterocycles. The Bertz CT molecular complexity index is 373. The minimum Gasteiger partial charge on any atom is -0.481 e. The number of hydrogen-bond donors (Lipinski definition) is 2. The maximum absolute atomic E-state index is 10.8. The molecule has 0 amide bonds. The number of fused-ring (bicyclic) bond motifs is 1. The Hall–Kier alpha value is -1.36. The van der Waals surface area contributed by atoms with Crippen molar-refractivity contribution >= 4 is 5.97 Å². The standard InChI is InChI=1S/C10H14N2O3/c13-4-2-9-11-6-8-5-7(10(14)15)1-3-12(8)9/h6-7,13H,1-5H2,(H,14,15). The Balaban J connectivity index is 2.18. The average molecular weight is 210 g/mol. The van der Waals surface area contributed by atoms with Crippen molar-refractivity contribution in [2.75, 3.05) is 6.61 Å². The molecule has 0 fully saturated rings. The topological polar surface area (TPSA) is 75.3 Å². The van der Waals surface area contributed by atoms with Crippen LogP contribution in [0, 0.1) is 5.92 Å². The number of aliphatic hydroxyl groups is 1. The van der Waals surface area contributed by atoms with E-state index in [1.807, 2.05) is 4.57 Å². The monoisotopic (exact) mass is 210 g/mol. The second-order valence-electron chi connectivity index (χ2n) is 3.82. The van der Waals surface area contributed by atoms with Gasteiger partial charge in [0.15, 0.2) is 0 Å². The number of rotatable bonds is 3. The van der Waals surface area contributed by atoms with Crippen LogP contribution >= 0.6 is 0 Å². The molecule has 5 nitrogen and oxygen atoms in total. The second kappa shape index (κ2) is 4.02. The summed E-state index contributed by atoms with van der Waals surface area (Å²) in [6.45, 7) is 0.778. The van der Waals surface area contributed by atoms with E-state index in [0.29, 0.717) is 25.8 Å². The van der Waals surface area contributed by atoms with Crippen molar-refractivity contribution in [2.45, 2.75) is 25.8 Å². The molecule has 1 aliphatic rings. The Morgan fingerprint density at radius 3 is 3.13 bits per heavy atom. The number of carbonyl (C=O) groups is 1. The van der Waals surface area contributed by atoms with E-state index in [9.17, 15) is 4.79 Å². The van der Waals surface area contributed by atoms with Gasteiger partial charge in [-0.15, -0.1) is 0 Å². The van der Waals surface area contributed by atoms with Crippen LogP contribution < -0.4 is 0 Å². The molecule has 0 spiro atoms. The van der Waals surface area contributed by atoms with Crippen molar-refractivity contribution in [3.8, 4) is 0 Å². The smallest absolute Gasteiger partial charge is 0.306 e. The molecule has 0 bridgehead atoms. The van der Waals surface area contributed by atoms with Crippen LogP contribution in [0.5, 0.6) is 0 Å². The zero-order valence-electron chi connectivity index (χ0n) is 8.39. The van der Waals surface area contributed by atoms with Gasteiger partial charge in [-0.25, -0.2) is 4.98 Å². The molecule has 2 rings (SSSR count). The van der Waals surface area contributed by atoms with Crippen LogP contribution in [0.15, 0.2) is 6.20 Å². The summed E-state index contributed by atoms with van der Waals surface area (Å²) in [5.74, 6) is -0.154. The molecule has 2 heterocycles. The highest BCUT2D eigenvalue weighted by Crippen LogP contribution is 2.22. The minimum atomic E-state index is -0.730. The molecule has 5 heteroatoms. The van der Waals surface area contributed by atoms with Crippen molar-refractivity contribution in [1.29, 1.82) is 0 Å². The van der Waals surface area contributed by atoms with Crippen LogP contribution in [0.2, 0.25) is 0 Å². The van der Waals surface area contributed by atoms with Gasteiger partial charge < -0.3 is 14.8 Å². The summed E-state index contributed by atoms with van der Waals surface area (Å²) in [6, 6.07) is 0. The number of aliphatic carboxylic acids is 1. The van der Waals surface area contributed by atoms with Gasteiger partial charge in [-0.3, -0.25) is 4.79 Å². The summed E-state index contributed by atoms with van der Waals surface area (Å²) in [7, 11) is 0. The van der Waals surface area contributed by atoms with E-state index < -0.39 is 5.97 Å². The van der Waals surface area contributed by atoms with Crippen molar-refractivity contribution in [2.24, 2.45) is 5.92 Å². The summed E-state index contributed by atoms with van der Waals surface area (Å²) in [4.78, 5) is 15.0. The predicted octanol–water partition coefficient (Wildman–Crippen LogP) is 0.0649. The molecule has 0 aromatic carbocycles. The van der Waals surface area contributed by atoms with Gasteiger partial charge >= 0.3 is 5.97 Å². The van der Waals surface area contributed by atoms with Crippen LogP contribution in [0.1, 0.15) is 17.9 Å². The van der Waals surface area contributed by atoms with Gasteiger partial charge in [0.05, 0.1) is 12.5 Å². The molecule has 0 aliphatic carbocycles. The Morgan fingerprint density at radius 1 is 1.67 bits per heavy atom. The predicted molar refractivity (Wildman–Crippen MR) is 52.5 cm³/mol. The first-order chi connectivity index (χ1) is 7.22. The van der Waals surface area contributed by atoms with Crippen LogP contribution in [-0.4, -0.2) is 32.3 Å². The molecular formula is C10H14N2O3. The minimum absolute atomic E-state index is 0.0822. The van der Waals surface area contributed by atoms with Gasteiger partial charge in [-0.1, -0.05) is 0 Å². The van der Waals surface area contributed by atoms with Crippen LogP contribution in [0.25, 0.3) is 0 Å². The normalized spacial score (nSPS) is 19.9. The lowest BCUT2D eigenvalue weighted by atomic mass is 9.96. The molecule has 15 heavy (non-hydrogen) atoms. The summed E-state index contributed by atoms with van der Waals surface area (Å²) in [5.41, 5.74) is 0.970. The van der Waals surface area contributed by atoms with Crippen LogP contribution in [-0.2, 0) is 24.2 Å². The molecule has 0 saturated carbocycles. The largest absolute Gasteiger partial charge is 0.481 e. The van der Waals surface area contributed by atoms with E-state index in [2.05, 4.69) is 4.98 Å². The maximum Gasteiger partial charge on any atom is 0.306 e. The number of imidazole rings is 1. The number of carboxylic acids is 1. The zero-order valence-corrected chi connectivity index (χ0v) is 8.39. The molecule has 1 unspecified atom stereocenters. The molecule has 1 atom stereocenters. The second-order valence-corrected chi connectivity index (χ2v) is 3.82. The summed E-state index contributed by atoms with van der Waals surface area (Å²) < 4.78 is 2.02. The van der Waals surface area contributed by atoms with Crippen LogP contribution in [0.4, 0.5) is 0 Å². The number of aromatic nitrogens is 2. The van der Waals surface area contributed by atoms with Gasteiger partial charge in [0, 0.05) is 31.3 Å². The van der Waals surface area contributed by atoms with Crippen molar-refractivity contribution in [3.63, 3.8) is 0 Å². The van der Waals surface area contributed by atoms with Crippen molar-refractivity contribution < 1.29 is 15.0 Å². The van der Waals surface area contributed by atoms with Crippen LogP contribution in [0.3, 0.4) is 0 Å². The first-order valence-electron chi connectivity index (χ1n) is 5.09. The zero-order chi connectivity index (χ0) is 10.8. The van der Waals surface area contributed by atoms with Gasteiger partial charge in [-0.2, -0.15) is 0 Å². The Morgan fingerprint density at radius 2 is 2.47 bits per heavy atom. The number of hydrogen-bond acceptors (Lipinski definition) is 3. The number of nitrogens with zero attached hydrogens (tertiary/aromatic N) is 2. The van der Waals surface area contributed by atoms with Gasteiger partial charge in [0.2, 0.25) is 0 Å². The summed E-state index contributed by atoms with van der Waals surface area (Å²) >= 11 is 0.